The molecule has 2 rings (SSSR count). The van der Waals surface area contributed by atoms with Crippen molar-refractivity contribution >= 4 is 29.1 Å². The van der Waals surface area contributed by atoms with E-state index in [0.717, 1.165) is 6.42 Å². The van der Waals surface area contributed by atoms with Gasteiger partial charge >= 0.3 is 0 Å². The van der Waals surface area contributed by atoms with Crippen LogP contribution < -0.4 is 10.5 Å². The fraction of sp³-hybridized carbons (Fsp3) is 0.533. The second-order valence-electron chi connectivity index (χ2n) is 6.09. The van der Waals surface area contributed by atoms with Crippen molar-refractivity contribution in [2.24, 2.45) is 11.1 Å². The molecule has 1 saturated heterocycles. The molecule has 6 heteroatoms. The minimum atomic E-state index is -0.0761. The summed E-state index contributed by atoms with van der Waals surface area (Å²) in [5.41, 5.74) is 6.00. The van der Waals surface area contributed by atoms with Crippen molar-refractivity contribution in [3.63, 3.8) is 0 Å². The molecule has 21 heavy (non-hydrogen) atoms. The highest BCUT2D eigenvalue weighted by atomic mass is 35.5. The Labute approximate surface area is 135 Å². The fourth-order valence-corrected chi connectivity index (χ4v) is 2.94. The number of carbonyl (C=O) groups is 1. The summed E-state index contributed by atoms with van der Waals surface area (Å²) in [6.07, 6.45) is 0.807. The van der Waals surface area contributed by atoms with Crippen molar-refractivity contribution in [1.29, 1.82) is 0 Å². The minimum absolute atomic E-state index is 0.0258. The van der Waals surface area contributed by atoms with E-state index in [2.05, 4.69) is 13.8 Å². The number of halogens is 2. The molecule has 1 aromatic rings. The highest BCUT2D eigenvalue weighted by Gasteiger charge is 2.35. The van der Waals surface area contributed by atoms with E-state index >= 15 is 0 Å². The maximum absolute atomic E-state index is 12.2. The summed E-state index contributed by atoms with van der Waals surface area (Å²) >= 11 is 11.8. The molecule has 0 aliphatic carbocycles. The zero-order valence-corrected chi connectivity index (χ0v) is 13.7. The molecule has 1 aromatic carbocycles. The summed E-state index contributed by atoms with van der Waals surface area (Å²) in [5, 5.41) is 0.963. The molecule has 4 nitrogen and oxygen atoms in total. The zero-order chi connectivity index (χ0) is 15.6. The molecule has 1 fully saturated rings. The molecule has 1 aliphatic heterocycles. The molecule has 2 N–H and O–H groups in total. The largest absolute Gasteiger partial charge is 0.484 e. The highest BCUT2D eigenvalue weighted by molar-refractivity contribution is 6.34. The average Bonchev–Trinajstić information content (AvgIpc) is 2.38. The predicted molar refractivity (Wildman–Crippen MR) is 84.9 cm³/mol. The second kappa shape index (κ2) is 6.42. The van der Waals surface area contributed by atoms with E-state index in [4.69, 9.17) is 33.7 Å². The van der Waals surface area contributed by atoms with E-state index in [0.29, 0.717) is 28.9 Å². The maximum Gasteiger partial charge on any atom is 0.260 e. The molecule has 0 aromatic heterocycles. The summed E-state index contributed by atoms with van der Waals surface area (Å²) in [4.78, 5) is 14.0. The van der Waals surface area contributed by atoms with Crippen LogP contribution in [0.15, 0.2) is 18.2 Å². The minimum Gasteiger partial charge on any atom is -0.484 e. The van der Waals surface area contributed by atoms with Gasteiger partial charge < -0.3 is 15.4 Å². The molecule has 0 bridgehead atoms. The summed E-state index contributed by atoms with van der Waals surface area (Å²) in [5.74, 6) is 0.444. The number of carbonyl (C=O) groups excluding carboxylic acids is 1. The number of piperidine rings is 1. The van der Waals surface area contributed by atoms with Crippen molar-refractivity contribution in [3.8, 4) is 5.75 Å². The summed E-state index contributed by atoms with van der Waals surface area (Å²) in [7, 11) is 0. The first-order valence-corrected chi connectivity index (χ1v) is 7.66. The zero-order valence-electron chi connectivity index (χ0n) is 12.2. The van der Waals surface area contributed by atoms with Crippen molar-refractivity contribution < 1.29 is 9.53 Å². The lowest BCUT2D eigenvalue weighted by molar-refractivity contribution is -0.136. The summed E-state index contributed by atoms with van der Waals surface area (Å²) < 4.78 is 5.49. The van der Waals surface area contributed by atoms with Crippen molar-refractivity contribution in [2.75, 3.05) is 19.7 Å². The van der Waals surface area contributed by atoms with Crippen LogP contribution >= 0.6 is 23.2 Å². The number of nitrogens with two attached hydrogens (primary N) is 1. The smallest absolute Gasteiger partial charge is 0.260 e. The summed E-state index contributed by atoms with van der Waals surface area (Å²) in [6.45, 7) is 5.45. The molecule has 0 radical (unpaired) electrons. The Morgan fingerprint density at radius 2 is 2.00 bits per heavy atom. The number of benzene rings is 1. The molecule has 0 spiro atoms. The first-order valence-electron chi connectivity index (χ1n) is 6.90. The molecule has 1 unspecified atom stereocenters. The fourth-order valence-electron chi connectivity index (χ4n) is 2.43. The van der Waals surface area contributed by atoms with Gasteiger partial charge in [-0.1, -0.05) is 37.0 Å². The van der Waals surface area contributed by atoms with Gasteiger partial charge in [-0.25, -0.2) is 0 Å². The standard InChI is InChI=1S/C15H20Cl2N2O2/c1-15(2)9-19(4-3-13(15)18)14(20)8-21-12-6-10(16)5-11(17)7-12/h5-7,13H,3-4,8-9,18H2,1-2H3. The predicted octanol–water partition coefficient (Wildman–Crippen LogP) is 2.96. The molecule has 1 atom stereocenters. The van der Waals surface area contributed by atoms with Crippen LogP contribution in [0.5, 0.6) is 5.75 Å². The lowest BCUT2D eigenvalue weighted by atomic mass is 9.80. The Kier molecular flexibility index (Phi) is 5.02. The summed E-state index contributed by atoms with van der Waals surface area (Å²) in [6, 6.07) is 5.01. The molecule has 1 amide bonds. The van der Waals surface area contributed by atoms with Gasteiger partial charge in [0.1, 0.15) is 5.75 Å². The van der Waals surface area contributed by atoms with E-state index in [1.54, 1.807) is 23.1 Å². The van der Waals surface area contributed by atoms with E-state index in [1.165, 1.54) is 0 Å². The van der Waals surface area contributed by atoms with E-state index < -0.39 is 0 Å². The van der Waals surface area contributed by atoms with Crippen molar-refractivity contribution in [2.45, 2.75) is 26.3 Å². The third-order valence-electron chi connectivity index (χ3n) is 3.86. The number of rotatable bonds is 3. The third-order valence-corrected chi connectivity index (χ3v) is 4.30. The Morgan fingerprint density at radius 3 is 2.57 bits per heavy atom. The van der Waals surface area contributed by atoms with Gasteiger partial charge in [0.15, 0.2) is 6.61 Å². The molecule has 116 valence electrons. The van der Waals surface area contributed by atoms with Gasteiger partial charge in [-0.05, 0) is 30.0 Å². The second-order valence-corrected chi connectivity index (χ2v) is 6.97. The van der Waals surface area contributed by atoms with Crippen LogP contribution in [0.3, 0.4) is 0 Å². The van der Waals surface area contributed by atoms with Gasteiger partial charge in [-0.15, -0.1) is 0 Å². The molecular formula is C15H20Cl2N2O2. The van der Waals surface area contributed by atoms with Gasteiger partial charge in [0.2, 0.25) is 0 Å². The molecule has 1 heterocycles. The van der Waals surface area contributed by atoms with Crippen LogP contribution in [0.25, 0.3) is 0 Å². The van der Waals surface area contributed by atoms with Gasteiger partial charge in [0.05, 0.1) is 0 Å². The average molecular weight is 331 g/mol. The highest BCUT2D eigenvalue weighted by Crippen LogP contribution is 2.28. The SMILES string of the molecule is CC1(C)CN(C(=O)COc2cc(Cl)cc(Cl)c2)CCC1N. The Bertz CT molecular complexity index is 514. The number of likely N-dealkylation sites (tertiary alicyclic amines) is 1. The van der Waals surface area contributed by atoms with Crippen molar-refractivity contribution in [3.05, 3.63) is 28.2 Å². The topological polar surface area (TPSA) is 55.6 Å². The number of hydrogen-bond acceptors (Lipinski definition) is 3. The number of nitrogens with zero attached hydrogens (tertiary/aromatic N) is 1. The van der Waals surface area contributed by atoms with E-state index in [-0.39, 0.29) is 24.0 Å². The number of amides is 1. The third kappa shape index (κ3) is 4.25. The Morgan fingerprint density at radius 1 is 1.38 bits per heavy atom. The van der Waals surface area contributed by atoms with Gasteiger partial charge in [0.25, 0.3) is 5.91 Å². The Balaban J connectivity index is 1.93. The molecule has 1 aliphatic rings. The van der Waals surface area contributed by atoms with Gasteiger partial charge in [-0.3, -0.25) is 4.79 Å². The van der Waals surface area contributed by atoms with Gasteiger partial charge in [-0.2, -0.15) is 0 Å². The van der Waals surface area contributed by atoms with E-state index in [9.17, 15) is 4.79 Å². The monoisotopic (exact) mass is 330 g/mol. The van der Waals surface area contributed by atoms with Crippen LogP contribution in [0.2, 0.25) is 10.0 Å². The quantitative estimate of drug-likeness (QED) is 0.926. The van der Waals surface area contributed by atoms with Crippen LogP contribution in [0, 0.1) is 5.41 Å². The molecular weight excluding hydrogens is 311 g/mol. The van der Waals surface area contributed by atoms with Crippen LogP contribution in [-0.4, -0.2) is 36.5 Å². The van der Waals surface area contributed by atoms with Crippen LogP contribution in [0.4, 0.5) is 0 Å². The number of ether oxygens (including phenoxy) is 1. The number of hydrogen-bond donors (Lipinski definition) is 1. The maximum atomic E-state index is 12.2. The first kappa shape index (κ1) is 16.4. The van der Waals surface area contributed by atoms with Crippen LogP contribution in [-0.2, 0) is 4.79 Å². The Hall–Kier alpha value is -0.970. The normalized spacial score (nSPS) is 21.2. The van der Waals surface area contributed by atoms with Crippen molar-refractivity contribution in [1.82, 2.24) is 4.90 Å². The van der Waals surface area contributed by atoms with Gasteiger partial charge in [0, 0.05) is 29.2 Å². The lowest BCUT2D eigenvalue weighted by Gasteiger charge is -2.42. The molecule has 0 saturated carbocycles. The van der Waals surface area contributed by atoms with Crippen LogP contribution in [0.1, 0.15) is 20.3 Å². The first-order chi connectivity index (χ1) is 9.78. The lowest BCUT2D eigenvalue weighted by Crippen LogP contribution is -2.54. The van der Waals surface area contributed by atoms with E-state index in [1.807, 2.05) is 0 Å².